The van der Waals surface area contributed by atoms with Gasteiger partial charge in [0, 0.05) is 31.3 Å². The third kappa shape index (κ3) is 4.44. The van der Waals surface area contributed by atoms with E-state index in [4.69, 9.17) is 0 Å². The maximum absolute atomic E-state index is 9.80. The molecule has 2 saturated heterocycles. The Balaban J connectivity index is 1.91. The molecule has 4 heteroatoms. The Kier molecular flexibility index (Phi) is 7.13. The highest BCUT2D eigenvalue weighted by molar-refractivity contribution is 4.87. The van der Waals surface area contributed by atoms with E-state index < -0.39 is 0 Å². The summed E-state index contributed by atoms with van der Waals surface area (Å²) >= 11 is 0. The van der Waals surface area contributed by atoms with Crippen LogP contribution in [0.2, 0.25) is 0 Å². The Morgan fingerprint density at radius 1 is 0.955 bits per heavy atom. The first-order valence-electron chi connectivity index (χ1n) is 9.28. The molecule has 2 aliphatic rings. The minimum Gasteiger partial charge on any atom is -0.396 e. The van der Waals surface area contributed by atoms with Crippen LogP contribution in [0.15, 0.2) is 0 Å². The molecule has 2 fully saturated rings. The molecular formula is C18H36N2O2. The molecule has 0 radical (unpaired) electrons. The van der Waals surface area contributed by atoms with Crippen molar-refractivity contribution < 1.29 is 10.2 Å². The molecular weight excluding hydrogens is 276 g/mol. The zero-order chi connectivity index (χ0) is 16.1. The summed E-state index contributed by atoms with van der Waals surface area (Å²) in [6.07, 6.45) is 6.01. The number of piperidine rings is 2. The summed E-state index contributed by atoms with van der Waals surface area (Å²) in [5.41, 5.74) is 0. The Labute approximate surface area is 136 Å². The van der Waals surface area contributed by atoms with Gasteiger partial charge in [0.15, 0.2) is 0 Å². The summed E-state index contributed by atoms with van der Waals surface area (Å²) in [7, 11) is 0. The molecule has 0 aromatic carbocycles. The Morgan fingerprint density at radius 2 is 1.73 bits per heavy atom. The van der Waals surface area contributed by atoms with Crippen molar-refractivity contribution >= 4 is 0 Å². The van der Waals surface area contributed by atoms with Gasteiger partial charge in [-0.15, -0.1) is 0 Å². The molecule has 130 valence electrons. The Hall–Kier alpha value is -0.160. The number of nitrogens with zero attached hydrogens (tertiary/aromatic N) is 2. The fourth-order valence-corrected chi connectivity index (χ4v) is 4.47. The maximum Gasteiger partial charge on any atom is 0.0586 e. The summed E-state index contributed by atoms with van der Waals surface area (Å²) in [5, 5.41) is 19.4. The van der Waals surface area contributed by atoms with Gasteiger partial charge in [0.05, 0.1) is 6.61 Å². The first kappa shape index (κ1) is 18.2. The second-order valence-corrected chi connectivity index (χ2v) is 7.73. The molecule has 0 amide bonds. The third-order valence-electron chi connectivity index (χ3n) is 5.98. The van der Waals surface area contributed by atoms with Gasteiger partial charge in [0.25, 0.3) is 0 Å². The summed E-state index contributed by atoms with van der Waals surface area (Å²) in [6, 6.07) is 1.45. The normalized spacial score (nSPS) is 33.3. The Bertz CT molecular complexity index is 324. The third-order valence-corrected chi connectivity index (χ3v) is 5.98. The van der Waals surface area contributed by atoms with E-state index in [0.717, 1.165) is 32.5 Å². The number of hydrogen-bond acceptors (Lipinski definition) is 4. The van der Waals surface area contributed by atoms with Crippen molar-refractivity contribution in [2.75, 3.05) is 32.8 Å². The van der Waals surface area contributed by atoms with Crippen LogP contribution >= 0.6 is 0 Å². The van der Waals surface area contributed by atoms with Crippen LogP contribution in [0.4, 0.5) is 0 Å². The first-order chi connectivity index (χ1) is 10.6. The van der Waals surface area contributed by atoms with Gasteiger partial charge in [0.2, 0.25) is 0 Å². The van der Waals surface area contributed by atoms with Crippen LogP contribution in [0.25, 0.3) is 0 Å². The lowest BCUT2D eigenvalue weighted by molar-refractivity contribution is 0.0153. The molecule has 2 aliphatic heterocycles. The molecule has 0 saturated carbocycles. The van der Waals surface area contributed by atoms with Crippen molar-refractivity contribution in [3.8, 4) is 0 Å². The van der Waals surface area contributed by atoms with Crippen LogP contribution < -0.4 is 0 Å². The van der Waals surface area contributed by atoms with E-state index in [9.17, 15) is 10.2 Å². The predicted molar refractivity (Wildman–Crippen MR) is 90.9 cm³/mol. The van der Waals surface area contributed by atoms with E-state index in [1.165, 1.54) is 19.3 Å². The standard InChI is InChI=1S/C18H36N2O2/c1-14(2)19-9-7-16(17(11-19)12-21)10-15(3)20-8-5-4-6-18(20)13-22/h14-18,21-22H,4-13H2,1-3H3. The smallest absolute Gasteiger partial charge is 0.0586 e. The average Bonchev–Trinajstić information content (AvgIpc) is 2.54. The van der Waals surface area contributed by atoms with Crippen molar-refractivity contribution in [2.45, 2.75) is 71.0 Å². The molecule has 0 aliphatic carbocycles. The average molecular weight is 312 g/mol. The molecule has 2 rings (SSSR count). The van der Waals surface area contributed by atoms with Crippen LogP contribution in [-0.4, -0.2) is 71.0 Å². The van der Waals surface area contributed by atoms with Crippen LogP contribution in [0, 0.1) is 11.8 Å². The highest BCUT2D eigenvalue weighted by atomic mass is 16.3. The van der Waals surface area contributed by atoms with Gasteiger partial charge in [-0.1, -0.05) is 6.42 Å². The number of hydrogen-bond donors (Lipinski definition) is 2. The summed E-state index contributed by atoms with van der Waals surface area (Å²) < 4.78 is 0. The van der Waals surface area contributed by atoms with Crippen LogP contribution in [0.3, 0.4) is 0 Å². The molecule has 2 heterocycles. The second-order valence-electron chi connectivity index (χ2n) is 7.73. The molecule has 4 atom stereocenters. The number of likely N-dealkylation sites (tertiary alicyclic amines) is 2. The second kappa shape index (κ2) is 8.62. The molecule has 0 aromatic heterocycles. The quantitative estimate of drug-likeness (QED) is 0.787. The van der Waals surface area contributed by atoms with E-state index in [-0.39, 0.29) is 0 Å². The van der Waals surface area contributed by atoms with Crippen molar-refractivity contribution in [2.24, 2.45) is 11.8 Å². The number of aliphatic hydroxyl groups excluding tert-OH is 2. The zero-order valence-electron chi connectivity index (χ0n) is 14.7. The van der Waals surface area contributed by atoms with Crippen molar-refractivity contribution in [1.82, 2.24) is 9.80 Å². The fourth-order valence-electron chi connectivity index (χ4n) is 4.47. The minimum atomic E-state index is 0.291. The van der Waals surface area contributed by atoms with Gasteiger partial charge >= 0.3 is 0 Å². The highest BCUT2D eigenvalue weighted by Gasteiger charge is 2.33. The van der Waals surface area contributed by atoms with Crippen molar-refractivity contribution in [3.63, 3.8) is 0 Å². The van der Waals surface area contributed by atoms with Crippen LogP contribution in [0.1, 0.15) is 52.9 Å². The zero-order valence-corrected chi connectivity index (χ0v) is 14.7. The molecule has 0 aromatic rings. The SMILES string of the molecule is CC(C)N1CCC(CC(C)N2CCCCC2CO)C(CO)C1. The molecule has 22 heavy (non-hydrogen) atoms. The van der Waals surface area contributed by atoms with Gasteiger partial charge in [-0.05, 0) is 71.4 Å². The molecule has 0 spiro atoms. The largest absolute Gasteiger partial charge is 0.396 e. The van der Waals surface area contributed by atoms with Gasteiger partial charge < -0.3 is 15.1 Å². The predicted octanol–water partition coefficient (Wildman–Crippen LogP) is 1.95. The molecule has 0 bridgehead atoms. The maximum atomic E-state index is 9.80. The van der Waals surface area contributed by atoms with E-state index in [0.29, 0.717) is 43.2 Å². The van der Waals surface area contributed by atoms with Gasteiger partial charge in [-0.2, -0.15) is 0 Å². The lowest BCUT2D eigenvalue weighted by Crippen LogP contribution is -2.50. The first-order valence-corrected chi connectivity index (χ1v) is 9.28. The van der Waals surface area contributed by atoms with E-state index in [2.05, 4.69) is 30.6 Å². The summed E-state index contributed by atoms with van der Waals surface area (Å²) in [6.45, 7) is 10.7. The van der Waals surface area contributed by atoms with E-state index >= 15 is 0 Å². The molecule has 4 unspecified atom stereocenters. The van der Waals surface area contributed by atoms with Crippen LogP contribution in [0.5, 0.6) is 0 Å². The van der Waals surface area contributed by atoms with Crippen molar-refractivity contribution in [1.29, 1.82) is 0 Å². The van der Waals surface area contributed by atoms with Gasteiger partial charge in [-0.3, -0.25) is 4.90 Å². The van der Waals surface area contributed by atoms with Gasteiger partial charge in [-0.25, -0.2) is 0 Å². The Morgan fingerprint density at radius 3 is 2.36 bits per heavy atom. The lowest BCUT2D eigenvalue weighted by atomic mass is 9.80. The minimum absolute atomic E-state index is 0.291. The lowest BCUT2D eigenvalue weighted by Gasteiger charge is -2.44. The molecule has 4 nitrogen and oxygen atoms in total. The summed E-state index contributed by atoms with van der Waals surface area (Å²) in [5.74, 6) is 1.03. The number of aliphatic hydroxyl groups is 2. The fraction of sp³-hybridized carbons (Fsp3) is 1.00. The topological polar surface area (TPSA) is 46.9 Å². The van der Waals surface area contributed by atoms with E-state index in [1.54, 1.807) is 0 Å². The summed E-state index contributed by atoms with van der Waals surface area (Å²) in [4.78, 5) is 5.02. The molecule has 2 N–H and O–H groups in total. The monoisotopic (exact) mass is 312 g/mol. The van der Waals surface area contributed by atoms with Crippen molar-refractivity contribution in [3.05, 3.63) is 0 Å². The van der Waals surface area contributed by atoms with E-state index in [1.807, 2.05) is 0 Å². The highest BCUT2D eigenvalue weighted by Crippen LogP contribution is 2.31. The van der Waals surface area contributed by atoms with Gasteiger partial charge in [0.1, 0.15) is 0 Å². The van der Waals surface area contributed by atoms with Crippen LogP contribution in [-0.2, 0) is 0 Å². The number of rotatable bonds is 6.